The third-order valence-electron chi connectivity index (χ3n) is 3.22. The number of hydrogen-bond acceptors (Lipinski definition) is 4. The molecule has 0 aliphatic rings. The monoisotopic (exact) mass is 318 g/mol. The first-order chi connectivity index (χ1) is 9.69. The summed E-state index contributed by atoms with van der Waals surface area (Å²) in [5.41, 5.74) is 5.66. The van der Waals surface area contributed by atoms with Gasteiger partial charge in [0.25, 0.3) is 0 Å². The van der Waals surface area contributed by atoms with Crippen LogP contribution in [0.2, 0.25) is 0 Å². The summed E-state index contributed by atoms with van der Waals surface area (Å²) >= 11 is 0. The van der Waals surface area contributed by atoms with E-state index in [1.807, 2.05) is 20.8 Å². The van der Waals surface area contributed by atoms with Crippen molar-refractivity contribution >= 4 is 15.7 Å². The predicted octanol–water partition coefficient (Wildman–Crippen LogP) is 2.06. The molecule has 21 heavy (non-hydrogen) atoms. The molecule has 0 bridgehead atoms. The lowest BCUT2D eigenvalue weighted by Gasteiger charge is -2.22. The summed E-state index contributed by atoms with van der Waals surface area (Å²) in [6.45, 7) is 7.78. The Morgan fingerprint density at radius 3 is 2.52 bits per heavy atom. The third-order valence-corrected chi connectivity index (χ3v) is 4.84. The first-order valence-corrected chi connectivity index (χ1v) is 8.33. The van der Waals surface area contributed by atoms with Gasteiger partial charge in [-0.1, -0.05) is 13.8 Å². The Morgan fingerprint density at radius 1 is 1.38 bits per heavy atom. The molecular formula is C14H23FN2O3S. The summed E-state index contributed by atoms with van der Waals surface area (Å²) < 4.78 is 46.4. The Balaban J connectivity index is 3.10. The average molecular weight is 318 g/mol. The van der Waals surface area contributed by atoms with Gasteiger partial charge in [-0.15, -0.1) is 0 Å². The molecule has 1 aromatic rings. The van der Waals surface area contributed by atoms with E-state index < -0.39 is 15.8 Å². The van der Waals surface area contributed by atoms with Gasteiger partial charge in [-0.2, -0.15) is 0 Å². The zero-order valence-corrected chi connectivity index (χ0v) is 13.6. The fourth-order valence-corrected chi connectivity index (χ4v) is 3.48. The predicted molar refractivity (Wildman–Crippen MR) is 81.0 cm³/mol. The number of ether oxygens (including phenoxy) is 1. The van der Waals surface area contributed by atoms with Crippen LogP contribution in [-0.2, 0) is 14.8 Å². The van der Waals surface area contributed by atoms with Crippen LogP contribution in [0.1, 0.15) is 26.3 Å². The van der Waals surface area contributed by atoms with E-state index in [2.05, 4.69) is 4.72 Å². The number of benzene rings is 1. The Morgan fingerprint density at radius 2 is 2.00 bits per heavy atom. The second kappa shape index (κ2) is 7.20. The summed E-state index contributed by atoms with van der Waals surface area (Å²) in [4.78, 5) is -0.137. The SMILES string of the molecule is CCOCC(NS(=O)(=O)c1cc(N)cc(F)c1C)C(C)C. The Labute approximate surface area is 125 Å². The molecule has 0 fully saturated rings. The van der Waals surface area contributed by atoms with Gasteiger partial charge in [0.15, 0.2) is 0 Å². The topological polar surface area (TPSA) is 81.4 Å². The summed E-state index contributed by atoms with van der Waals surface area (Å²) in [7, 11) is -3.86. The summed E-state index contributed by atoms with van der Waals surface area (Å²) in [5.74, 6) is -0.598. The number of hydrogen-bond donors (Lipinski definition) is 2. The highest BCUT2D eigenvalue weighted by atomic mass is 32.2. The number of rotatable bonds is 7. The van der Waals surface area contributed by atoms with Gasteiger partial charge >= 0.3 is 0 Å². The van der Waals surface area contributed by atoms with Gasteiger partial charge in [-0.05, 0) is 31.9 Å². The highest BCUT2D eigenvalue weighted by Gasteiger charge is 2.25. The largest absolute Gasteiger partial charge is 0.399 e. The van der Waals surface area contributed by atoms with Gasteiger partial charge in [-0.25, -0.2) is 17.5 Å². The number of nitrogen functional groups attached to an aromatic ring is 1. The quantitative estimate of drug-likeness (QED) is 0.754. The van der Waals surface area contributed by atoms with E-state index in [9.17, 15) is 12.8 Å². The van der Waals surface area contributed by atoms with Crippen molar-refractivity contribution in [1.29, 1.82) is 0 Å². The smallest absolute Gasteiger partial charge is 0.241 e. The average Bonchev–Trinajstić information content (AvgIpc) is 2.38. The molecule has 0 amide bonds. The van der Waals surface area contributed by atoms with Crippen molar-refractivity contribution in [2.24, 2.45) is 5.92 Å². The molecule has 1 aromatic carbocycles. The highest BCUT2D eigenvalue weighted by molar-refractivity contribution is 7.89. The summed E-state index contributed by atoms with van der Waals surface area (Å²) in [5, 5.41) is 0. The van der Waals surface area contributed by atoms with Crippen LogP contribution in [0.5, 0.6) is 0 Å². The first-order valence-electron chi connectivity index (χ1n) is 6.84. The van der Waals surface area contributed by atoms with E-state index in [0.717, 1.165) is 6.07 Å². The van der Waals surface area contributed by atoms with Crippen LogP contribution < -0.4 is 10.5 Å². The van der Waals surface area contributed by atoms with Crippen molar-refractivity contribution in [3.05, 3.63) is 23.5 Å². The van der Waals surface area contributed by atoms with Crippen molar-refractivity contribution in [2.45, 2.75) is 38.6 Å². The second-order valence-electron chi connectivity index (χ2n) is 5.26. The molecule has 1 unspecified atom stereocenters. The molecule has 1 atom stereocenters. The molecule has 7 heteroatoms. The molecule has 5 nitrogen and oxygen atoms in total. The van der Waals surface area contributed by atoms with Crippen molar-refractivity contribution in [3.8, 4) is 0 Å². The molecule has 0 saturated carbocycles. The van der Waals surface area contributed by atoms with E-state index in [-0.39, 0.29) is 34.7 Å². The number of nitrogens with one attached hydrogen (secondary N) is 1. The second-order valence-corrected chi connectivity index (χ2v) is 6.94. The van der Waals surface area contributed by atoms with Gasteiger partial charge in [0.1, 0.15) is 5.82 Å². The minimum absolute atomic E-state index is 0.0394. The number of sulfonamides is 1. The maximum atomic E-state index is 13.7. The lowest BCUT2D eigenvalue weighted by atomic mass is 10.1. The fourth-order valence-electron chi connectivity index (χ4n) is 1.82. The number of halogens is 1. The molecule has 0 aromatic heterocycles. The normalized spacial score (nSPS) is 13.6. The molecule has 0 aliphatic heterocycles. The standard InChI is InChI=1S/C14H23FN2O3S/c1-5-20-8-13(9(2)3)17-21(18,19)14-7-11(16)6-12(15)10(14)4/h6-7,9,13,17H,5,8,16H2,1-4H3. The van der Waals surface area contributed by atoms with Gasteiger partial charge in [0.2, 0.25) is 10.0 Å². The molecule has 0 saturated heterocycles. The molecule has 0 heterocycles. The van der Waals surface area contributed by atoms with Crippen molar-refractivity contribution in [2.75, 3.05) is 18.9 Å². The third kappa shape index (κ3) is 4.66. The minimum atomic E-state index is -3.86. The van der Waals surface area contributed by atoms with Crippen molar-refractivity contribution in [3.63, 3.8) is 0 Å². The van der Waals surface area contributed by atoms with Crippen LogP contribution in [-0.4, -0.2) is 27.7 Å². The summed E-state index contributed by atoms with van der Waals surface area (Å²) in [6.07, 6.45) is 0. The van der Waals surface area contributed by atoms with E-state index in [4.69, 9.17) is 10.5 Å². The molecule has 120 valence electrons. The molecule has 3 N–H and O–H groups in total. The highest BCUT2D eigenvalue weighted by Crippen LogP contribution is 2.22. The zero-order chi connectivity index (χ0) is 16.2. The molecule has 1 rings (SSSR count). The first kappa shape index (κ1) is 17.9. The van der Waals surface area contributed by atoms with Crippen LogP contribution in [0.15, 0.2) is 17.0 Å². The van der Waals surface area contributed by atoms with E-state index >= 15 is 0 Å². The van der Waals surface area contributed by atoms with E-state index in [0.29, 0.717) is 6.61 Å². The van der Waals surface area contributed by atoms with Crippen LogP contribution in [0.4, 0.5) is 10.1 Å². The van der Waals surface area contributed by atoms with E-state index in [1.165, 1.54) is 13.0 Å². The zero-order valence-electron chi connectivity index (χ0n) is 12.8. The Hall–Kier alpha value is -1.18. The Kier molecular flexibility index (Phi) is 6.12. The number of anilines is 1. The van der Waals surface area contributed by atoms with Gasteiger partial charge < -0.3 is 10.5 Å². The van der Waals surface area contributed by atoms with Gasteiger partial charge in [-0.3, -0.25) is 0 Å². The van der Waals surface area contributed by atoms with Crippen LogP contribution in [0.25, 0.3) is 0 Å². The fraction of sp³-hybridized carbons (Fsp3) is 0.571. The molecule has 0 radical (unpaired) electrons. The van der Waals surface area contributed by atoms with E-state index in [1.54, 1.807) is 0 Å². The Bertz CT molecular complexity index is 588. The molecule has 0 spiro atoms. The molecular weight excluding hydrogens is 295 g/mol. The maximum absolute atomic E-state index is 13.7. The van der Waals surface area contributed by atoms with Crippen LogP contribution in [0, 0.1) is 18.7 Å². The number of nitrogens with two attached hydrogens (primary N) is 1. The maximum Gasteiger partial charge on any atom is 0.241 e. The van der Waals surface area contributed by atoms with Gasteiger partial charge in [0.05, 0.1) is 11.5 Å². The molecule has 0 aliphatic carbocycles. The van der Waals surface area contributed by atoms with Crippen molar-refractivity contribution < 1.29 is 17.5 Å². The lowest BCUT2D eigenvalue weighted by Crippen LogP contribution is -2.42. The van der Waals surface area contributed by atoms with Crippen molar-refractivity contribution in [1.82, 2.24) is 4.72 Å². The minimum Gasteiger partial charge on any atom is -0.399 e. The summed E-state index contributed by atoms with van der Waals surface area (Å²) in [6, 6.07) is 1.98. The van der Waals surface area contributed by atoms with Gasteiger partial charge in [0, 0.05) is 23.9 Å². The van der Waals surface area contributed by atoms with Crippen LogP contribution >= 0.6 is 0 Å². The lowest BCUT2D eigenvalue weighted by molar-refractivity contribution is 0.116. The van der Waals surface area contributed by atoms with Crippen LogP contribution in [0.3, 0.4) is 0 Å².